The minimum absolute atomic E-state index is 0.0540. The Morgan fingerprint density at radius 1 is 0.534 bits per heavy atom. The van der Waals surface area contributed by atoms with Crippen molar-refractivity contribution in [1.29, 1.82) is 0 Å². The molecule has 0 saturated carbocycles. The second-order valence-corrected chi connectivity index (χ2v) is 21.7. The SMILES string of the molecule is CN1Cc2c(Cl)cc(Cl)cc2[C@H](c2cccc([S+]([O-])NCCOCCOCCNC(=O)NCCNCCNC(=O)NCCOCCOCCN[S+]([O-])c3cccc([C@@H]4CN(C)Cc5c(Cl)cc(Cl)cc54)c3)c2)C1. The van der Waals surface area contributed by atoms with E-state index in [9.17, 15) is 18.7 Å². The van der Waals surface area contributed by atoms with Gasteiger partial charge in [-0.3, -0.25) is 0 Å². The smallest absolute Gasteiger partial charge is 0.314 e. The van der Waals surface area contributed by atoms with Crippen molar-refractivity contribution in [3.8, 4) is 0 Å². The number of carbonyl (C=O) groups is 2. The summed E-state index contributed by atoms with van der Waals surface area (Å²) in [7, 11) is 4.12. The van der Waals surface area contributed by atoms with E-state index in [0.29, 0.717) is 135 Å². The van der Waals surface area contributed by atoms with Gasteiger partial charge in [0, 0.05) is 97.4 Å². The van der Waals surface area contributed by atoms with Crippen molar-refractivity contribution in [3.63, 3.8) is 0 Å². The quantitative estimate of drug-likeness (QED) is 0.0250. The molecule has 23 heteroatoms. The van der Waals surface area contributed by atoms with Crippen LogP contribution >= 0.6 is 46.4 Å². The first-order chi connectivity index (χ1) is 35.4. The fourth-order valence-corrected chi connectivity index (χ4v) is 11.3. The van der Waals surface area contributed by atoms with Crippen LogP contribution in [0.1, 0.15) is 45.2 Å². The summed E-state index contributed by atoms with van der Waals surface area (Å²) in [6.45, 7) is 9.19. The number of ether oxygens (including phenoxy) is 4. The number of amides is 4. The van der Waals surface area contributed by atoms with E-state index in [1.54, 1.807) is 12.1 Å². The van der Waals surface area contributed by atoms with Gasteiger partial charge < -0.3 is 64.4 Å². The monoisotopic (exact) mass is 1130 g/mol. The molecule has 73 heavy (non-hydrogen) atoms. The average Bonchev–Trinajstić information content (AvgIpc) is 3.37. The van der Waals surface area contributed by atoms with E-state index in [4.69, 9.17) is 65.4 Å². The number of hydrogen-bond acceptors (Lipinski definition) is 13. The highest BCUT2D eigenvalue weighted by molar-refractivity contribution is 7.89. The normalized spacial score (nSPS) is 16.6. The summed E-state index contributed by atoms with van der Waals surface area (Å²) in [5.41, 5.74) is 6.43. The lowest BCUT2D eigenvalue weighted by molar-refractivity contribution is 0.0516. The van der Waals surface area contributed by atoms with Gasteiger partial charge in [-0.05, 0) is 96.0 Å². The molecule has 4 aromatic rings. The molecule has 0 spiro atoms. The number of fused-ring (bicyclic) bond motifs is 2. The number of carbonyl (C=O) groups excluding carboxylic acids is 2. The third-order valence-corrected chi connectivity index (χ3v) is 15.3. The molecule has 0 radical (unpaired) electrons. The maximum absolute atomic E-state index is 13.1. The Morgan fingerprint density at radius 2 is 0.918 bits per heavy atom. The van der Waals surface area contributed by atoms with E-state index in [2.05, 4.69) is 59.9 Å². The molecule has 0 aliphatic carbocycles. The van der Waals surface area contributed by atoms with Gasteiger partial charge in [0.25, 0.3) is 0 Å². The summed E-state index contributed by atoms with van der Waals surface area (Å²) >= 11 is 23.0. The molecule has 17 nitrogen and oxygen atoms in total. The van der Waals surface area contributed by atoms with Gasteiger partial charge in [0.1, 0.15) is 0 Å². The van der Waals surface area contributed by atoms with Crippen molar-refractivity contribution in [2.75, 3.05) is 132 Å². The average molecular weight is 1130 g/mol. The minimum atomic E-state index is -1.42. The molecule has 0 bridgehead atoms. The van der Waals surface area contributed by atoms with Gasteiger partial charge in [-0.15, -0.1) is 9.44 Å². The number of halogens is 4. The van der Waals surface area contributed by atoms with Crippen LogP contribution in [0.3, 0.4) is 0 Å². The van der Waals surface area contributed by atoms with Crippen LogP contribution in [0.15, 0.2) is 82.6 Å². The van der Waals surface area contributed by atoms with Gasteiger partial charge in [-0.1, -0.05) is 70.7 Å². The van der Waals surface area contributed by atoms with Crippen molar-refractivity contribution < 1.29 is 37.6 Å². The molecule has 4 amide bonds. The zero-order chi connectivity index (χ0) is 52.0. The molecular weight excluding hydrogens is 1060 g/mol. The highest BCUT2D eigenvalue weighted by Crippen LogP contribution is 2.40. The zero-order valence-electron chi connectivity index (χ0n) is 41.2. The van der Waals surface area contributed by atoms with Crippen LogP contribution in [-0.2, 0) is 54.8 Å². The number of nitrogens with one attached hydrogen (secondary N) is 7. The van der Waals surface area contributed by atoms with E-state index in [1.165, 1.54) is 0 Å². The molecule has 0 saturated heterocycles. The molecule has 2 heterocycles. The number of nitrogens with zero attached hydrogens (tertiary/aromatic N) is 2. The highest BCUT2D eigenvalue weighted by atomic mass is 35.5. The molecule has 0 fully saturated rings. The van der Waals surface area contributed by atoms with Crippen molar-refractivity contribution in [3.05, 3.63) is 126 Å². The van der Waals surface area contributed by atoms with Crippen LogP contribution in [0, 0.1) is 0 Å². The molecule has 400 valence electrons. The van der Waals surface area contributed by atoms with E-state index in [1.807, 2.05) is 60.7 Å². The first-order valence-corrected chi connectivity index (χ1v) is 28.1. The number of rotatable bonds is 30. The lowest BCUT2D eigenvalue weighted by Gasteiger charge is -2.33. The maximum atomic E-state index is 13.1. The Bertz CT molecular complexity index is 2210. The van der Waals surface area contributed by atoms with Gasteiger partial charge in [0.05, 0.1) is 88.7 Å². The van der Waals surface area contributed by atoms with Crippen LogP contribution < -0.4 is 36.0 Å². The Balaban J connectivity index is 0.683. The number of benzene rings is 4. The largest absolute Gasteiger partial charge is 0.593 e. The van der Waals surface area contributed by atoms with E-state index in [0.717, 1.165) is 59.6 Å². The Labute approximate surface area is 455 Å². The molecular formula is C50H67Cl4N9O8S2. The van der Waals surface area contributed by atoms with Crippen molar-refractivity contribution in [2.24, 2.45) is 0 Å². The summed E-state index contributed by atoms with van der Waals surface area (Å²) in [5, 5.41) is 16.7. The van der Waals surface area contributed by atoms with Crippen LogP contribution in [0.2, 0.25) is 20.1 Å². The Hall–Kier alpha value is -3.16. The molecule has 2 aliphatic heterocycles. The third kappa shape index (κ3) is 19.7. The summed E-state index contributed by atoms with van der Waals surface area (Å²) in [6, 6.07) is 22.5. The van der Waals surface area contributed by atoms with Crippen LogP contribution in [0.5, 0.6) is 0 Å². The predicted octanol–water partition coefficient (Wildman–Crippen LogP) is 5.63. The van der Waals surface area contributed by atoms with E-state index < -0.39 is 22.7 Å². The first kappa shape index (κ1) is 59.1. The minimum Gasteiger partial charge on any atom is -0.593 e. The first-order valence-electron chi connectivity index (χ1n) is 24.2. The number of hydrogen-bond donors (Lipinski definition) is 7. The molecule has 2 unspecified atom stereocenters. The van der Waals surface area contributed by atoms with Crippen LogP contribution in [-0.4, -0.2) is 163 Å². The highest BCUT2D eigenvalue weighted by Gasteiger charge is 2.30. The van der Waals surface area contributed by atoms with Crippen LogP contribution in [0.25, 0.3) is 0 Å². The van der Waals surface area contributed by atoms with E-state index >= 15 is 0 Å². The van der Waals surface area contributed by atoms with Crippen LogP contribution in [0.4, 0.5) is 9.59 Å². The van der Waals surface area contributed by atoms with Crippen molar-refractivity contribution >= 4 is 81.2 Å². The molecule has 6 rings (SSSR count). The maximum Gasteiger partial charge on any atom is 0.314 e. The second-order valence-electron chi connectivity index (χ2n) is 17.4. The van der Waals surface area contributed by atoms with E-state index in [-0.39, 0.29) is 23.9 Å². The molecule has 4 atom stereocenters. The molecule has 4 aromatic carbocycles. The topological polar surface area (TPSA) is 208 Å². The zero-order valence-corrected chi connectivity index (χ0v) is 45.9. The number of likely N-dealkylation sites (N-methyl/N-ethyl adjacent to an activating group) is 2. The fourth-order valence-electron chi connectivity index (χ4n) is 8.43. The lowest BCUT2D eigenvalue weighted by Crippen LogP contribution is -2.43. The molecule has 7 N–H and O–H groups in total. The van der Waals surface area contributed by atoms with Gasteiger partial charge in [0.2, 0.25) is 0 Å². The lowest BCUT2D eigenvalue weighted by atomic mass is 9.85. The number of urea groups is 2. The predicted molar refractivity (Wildman–Crippen MR) is 290 cm³/mol. The summed E-state index contributed by atoms with van der Waals surface area (Å²) in [6.07, 6.45) is 0. The summed E-state index contributed by atoms with van der Waals surface area (Å²) in [4.78, 5) is 30.0. The summed E-state index contributed by atoms with van der Waals surface area (Å²) < 4.78 is 54.5. The fraction of sp³-hybridized carbons (Fsp3) is 0.480. The van der Waals surface area contributed by atoms with Gasteiger partial charge >= 0.3 is 12.1 Å². The Morgan fingerprint density at radius 3 is 1.33 bits per heavy atom. The van der Waals surface area contributed by atoms with Crippen molar-refractivity contribution in [1.82, 2.24) is 45.8 Å². The van der Waals surface area contributed by atoms with Gasteiger partial charge in [-0.25, -0.2) is 9.59 Å². The third-order valence-electron chi connectivity index (χ3n) is 11.9. The standard InChI is InChI=1S/C50H67Cl4N9O8S2/c1-62-31-43(41-27-37(51)29-47(53)45(41)33-62)35-5-3-7-39(25-35)72(66)60-15-19-70-23-21-68-17-13-58-49(64)56-11-9-55-10-12-57-50(65)59-14-18-69-22-24-71-20-16-61-73(67)40-8-4-6-36(26-40)44-32-63(2)34-46-42(44)28-38(52)30-48(46)54/h3-8,25-30,43-44,55,60-61H,9-24,31-34H2,1-2H3,(H2,56,58,64)(H2,57,59,65)/t43-,44-,72?,73?/m0/s1. The van der Waals surface area contributed by atoms with Gasteiger partial charge in [0.15, 0.2) is 9.79 Å². The second kappa shape index (κ2) is 31.8. The Kier molecular flexibility index (Phi) is 25.7. The summed E-state index contributed by atoms with van der Waals surface area (Å²) in [5.74, 6) is 0.108. The van der Waals surface area contributed by atoms with Gasteiger partial charge in [-0.2, -0.15) is 0 Å². The molecule has 2 aliphatic rings. The molecule has 0 aromatic heterocycles. The van der Waals surface area contributed by atoms with Crippen molar-refractivity contribution in [2.45, 2.75) is 34.7 Å².